The first-order valence-corrected chi connectivity index (χ1v) is 11.6. The lowest BCUT2D eigenvalue weighted by Gasteiger charge is -2.06. The van der Waals surface area contributed by atoms with Crippen LogP contribution in [0, 0.1) is 13.8 Å². The lowest BCUT2D eigenvalue weighted by molar-refractivity contribution is 0.470. The number of aromatic hydroxyl groups is 2. The third-order valence-corrected chi connectivity index (χ3v) is 5.41. The first kappa shape index (κ1) is 25.7. The van der Waals surface area contributed by atoms with Gasteiger partial charge in [0.05, 0.1) is 0 Å². The van der Waals surface area contributed by atoms with Gasteiger partial charge in [-0.1, -0.05) is 94.4 Å². The van der Waals surface area contributed by atoms with Gasteiger partial charge >= 0.3 is 0 Å². The molecule has 4 aromatic rings. The van der Waals surface area contributed by atoms with Crippen molar-refractivity contribution in [2.75, 3.05) is 0 Å². The molecule has 0 spiro atoms. The van der Waals surface area contributed by atoms with Gasteiger partial charge in [0.25, 0.3) is 0 Å². The third kappa shape index (κ3) is 7.25. The summed E-state index contributed by atoms with van der Waals surface area (Å²) in [6, 6.07) is 30.3. The molecular formula is C31H36O2. The second-order valence-electron chi connectivity index (χ2n) is 8.15. The Morgan fingerprint density at radius 3 is 1.30 bits per heavy atom. The molecule has 4 aromatic carbocycles. The molecule has 0 bridgehead atoms. The highest BCUT2D eigenvalue weighted by atomic mass is 16.3. The molecule has 0 saturated carbocycles. The molecule has 0 radical (unpaired) electrons. The van der Waals surface area contributed by atoms with Gasteiger partial charge in [0.2, 0.25) is 0 Å². The van der Waals surface area contributed by atoms with Crippen LogP contribution in [0.4, 0.5) is 0 Å². The highest BCUT2D eigenvalue weighted by molar-refractivity contribution is 5.67. The summed E-state index contributed by atoms with van der Waals surface area (Å²) in [6.45, 7) is 12.2. The van der Waals surface area contributed by atoms with Gasteiger partial charge in [-0.2, -0.15) is 0 Å². The number of rotatable bonds is 3. The summed E-state index contributed by atoms with van der Waals surface area (Å²) in [4.78, 5) is 0. The fraction of sp³-hybridized carbons (Fsp3) is 0.226. The van der Waals surface area contributed by atoms with E-state index in [0.717, 1.165) is 22.3 Å². The second-order valence-corrected chi connectivity index (χ2v) is 8.15. The van der Waals surface area contributed by atoms with Crippen LogP contribution in [-0.2, 0) is 0 Å². The number of aryl methyl sites for hydroxylation is 2. The van der Waals surface area contributed by atoms with Crippen LogP contribution in [0.3, 0.4) is 0 Å². The Balaban J connectivity index is 0.000000218. The maximum atomic E-state index is 9.45. The van der Waals surface area contributed by atoms with E-state index in [0.29, 0.717) is 17.4 Å². The van der Waals surface area contributed by atoms with E-state index in [9.17, 15) is 10.2 Å². The van der Waals surface area contributed by atoms with E-state index >= 15 is 0 Å². The van der Waals surface area contributed by atoms with Gasteiger partial charge in [0.15, 0.2) is 0 Å². The summed E-state index contributed by atoms with van der Waals surface area (Å²) in [6.07, 6.45) is 0. The molecule has 0 fully saturated rings. The molecule has 172 valence electrons. The zero-order valence-electron chi connectivity index (χ0n) is 20.6. The van der Waals surface area contributed by atoms with Crippen molar-refractivity contribution in [3.63, 3.8) is 0 Å². The molecule has 2 heteroatoms. The van der Waals surface area contributed by atoms with Crippen molar-refractivity contribution >= 4 is 0 Å². The highest BCUT2D eigenvalue weighted by Gasteiger charge is 2.03. The summed E-state index contributed by atoms with van der Waals surface area (Å²) in [5.41, 5.74) is 7.76. The summed E-state index contributed by atoms with van der Waals surface area (Å²) in [7, 11) is 0. The Morgan fingerprint density at radius 2 is 0.909 bits per heavy atom. The number of phenols is 2. The lowest BCUT2D eigenvalue weighted by atomic mass is 9.99. The van der Waals surface area contributed by atoms with E-state index in [1.165, 1.54) is 16.7 Å². The number of phenolic OH excluding ortho intramolecular Hbond substituents is 2. The first-order chi connectivity index (χ1) is 15.8. The number of benzene rings is 4. The minimum absolute atomic E-state index is 0.305. The van der Waals surface area contributed by atoms with E-state index in [-0.39, 0.29) is 0 Å². The second kappa shape index (κ2) is 12.5. The van der Waals surface area contributed by atoms with E-state index in [1.54, 1.807) is 12.1 Å². The molecule has 0 aliphatic carbocycles. The molecule has 0 aliphatic heterocycles. The van der Waals surface area contributed by atoms with Crippen molar-refractivity contribution in [2.24, 2.45) is 0 Å². The van der Waals surface area contributed by atoms with Crippen molar-refractivity contribution in [3.05, 3.63) is 108 Å². The largest absolute Gasteiger partial charge is 0.508 e. The van der Waals surface area contributed by atoms with E-state index in [4.69, 9.17) is 0 Å². The van der Waals surface area contributed by atoms with Crippen molar-refractivity contribution in [3.8, 4) is 33.8 Å². The topological polar surface area (TPSA) is 40.5 Å². The molecule has 0 unspecified atom stereocenters. The smallest absolute Gasteiger partial charge is 0.118 e. The van der Waals surface area contributed by atoms with Crippen molar-refractivity contribution in [1.82, 2.24) is 0 Å². The molecule has 0 aliphatic rings. The van der Waals surface area contributed by atoms with E-state index < -0.39 is 0 Å². The molecule has 4 rings (SSSR count). The average Bonchev–Trinajstić information content (AvgIpc) is 2.85. The Labute approximate surface area is 199 Å². The molecule has 33 heavy (non-hydrogen) atoms. The van der Waals surface area contributed by atoms with Crippen LogP contribution in [0.15, 0.2) is 91.0 Å². The number of hydrogen-bond acceptors (Lipinski definition) is 2. The van der Waals surface area contributed by atoms with Gasteiger partial charge in [0.1, 0.15) is 11.5 Å². The highest BCUT2D eigenvalue weighted by Crippen LogP contribution is 2.28. The van der Waals surface area contributed by atoms with Crippen molar-refractivity contribution in [1.29, 1.82) is 0 Å². The average molecular weight is 441 g/mol. The van der Waals surface area contributed by atoms with Gasteiger partial charge in [-0.3, -0.25) is 0 Å². The maximum Gasteiger partial charge on any atom is 0.118 e. The fourth-order valence-corrected chi connectivity index (χ4v) is 3.36. The van der Waals surface area contributed by atoms with E-state index in [1.807, 2.05) is 58.0 Å². The van der Waals surface area contributed by atoms with Crippen LogP contribution in [0.5, 0.6) is 11.5 Å². The van der Waals surface area contributed by atoms with Gasteiger partial charge in [-0.05, 0) is 83.0 Å². The van der Waals surface area contributed by atoms with E-state index in [2.05, 4.69) is 62.4 Å². The Bertz CT molecular complexity index is 1080. The molecule has 0 aromatic heterocycles. The lowest BCUT2D eigenvalue weighted by Crippen LogP contribution is -1.86. The molecule has 0 saturated heterocycles. The van der Waals surface area contributed by atoms with Gasteiger partial charge in [0, 0.05) is 0 Å². The van der Waals surface area contributed by atoms with Gasteiger partial charge < -0.3 is 10.2 Å². The van der Waals surface area contributed by atoms with Crippen molar-refractivity contribution in [2.45, 2.75) is 47.5 Å². The van der Waals surface area contributed by atoms with Crippen LogP contribution in [-0.4, -0.2) is 10.2 Å². The molecule has 0 amide bonds. The summed E-state index contributed by atoms with van der Waals surface area (Å²) in [5, 5.41) is 18.9. The van der Waals surface area contributed by atoms with Crippen LogP contribution in [0.1, 0.15) is 50.3 Å². The SMILES string of the molecule is CC.CC(C)c1ccc(-c2ccccc2)cc1.Cc1cc(-c2ccc(O)c(C)c2)ccc1O. The maximum absolute atomic E-state index is 9.45. The molecule has 0 atom stereocenters. The molecule has 0 heterocycles. The fourth-order valence-electron chi connectivity index (χ4n) is 3.36. The Morgan fingerprint density at radius 1 is 0.515 bits per heavy atom. The van der Waals surface area contributed by atoms with Gasteiger partial charge in [-0.25, -0.2) is 0 Å². The number of hydrogen-bond donors (Lipinski definition) is 2. The predicted octanol–water partition coefficient (Wildman–Crippen LogP) is 8.88. The van der Waals surface area contributed by atoms with Crippen molar-refractivity contribution < 1.29 is 10.2 Å². The third-order valence-electron chi connectivity index (χ3n) is 5.41. The zero-order valence-corrected chi connectivity index (χ0v) is 20.6. The molecule has 2 N–H and O–H groups in total. The minimum atomic E-state index is 0.305. The van der Waals surface area contributed by atoms with Crippen LogP contribution < -0.4 is 0 Å². The van der Waals surface area contributed by atoms with Crippen LogP contribution >= 0.6 is 0 Å². The minimum Gasteiger partial charge on any atom is -0.508 e. The monoisotopic (exact) mass is 440 g/mol. The van der Waals surface area contributed by atoms with Crippen LogP contribution in [0.2, 0.25) is 0 Å². The summed E-state index contributed by atoms with van der Waals surface area (Å²) < 4.78 is 0. The van der Waals surface area contributed by atoms with Gasteiger partial charge in [-0.15, -0.1) is 0 Å². The Hall–Kier alpha value is -3.52. The normalized spacial score (nSPS) is 10.0. The van der Waals surface area contributed by atoms with Crippen LogP contribution in [0.25, 0.3) is 22.3 Å². The zero-order chi connectivity index (χ0) is 24.4. The molecule has 2 nitrogen and oxygen atoms in total. The Kier molecular flexibility index (Phi) is 9.75. The summed E-state index contributed by atoms with van der Waals surface area (Å²) >= 11 is 0. The predicted molar refractivity (Wildman–Crippen MR) is 142 cm³/mol. The first-order valence-electron chi connectivity index (χ1n) is 11.6. The summed E-state index contributed by atoms with van der Waals surface area (Å²) in [5.74, 6) is 1.22. The quantitative estimate of drug-likeness (QED) is 0.334. The molecular weight excluding hydrogens is 404 g/mol. The standard InChI is InChI=1S/C15H16.C14H14O2.C2H6/c1-12(2)13-8-10-15(11-9-13)14-6-4-3-5-7-14;1-9-7-11(3-5-13(9)15)12-4-6-14(16)10(2)8-12;1-2/h3-12H,1-2H3;3-8,15-16H,1-2H3;1-2H3.